The number of hydrogen-bond acceptors (Lipinski definition) is 2. The smallest absolute Gasteiger partial charge is 0.378 e. The van der Waals surface area contributed by atoms with Gasteiger partial charge in [-0.3, -0.25) is 0 Å². The molecule has 0 rings (SSSR count). The van der Waals surface area contributed by atoms with Crippen LogP contribution in [-0.4, -0.2) is 32.0 Å². The van der Waals surface area contributed by atoms with Crippen LogP contribution in [0.1, 0.15) is 33.1 Å². The van der Waals surface area contributed by atoms with Gasteiger partial charge in [0.2, 0.25) is 0 Å². The highest BCUT2D eigenvalue weighted by Gasteiger charge is 2.26. The van der Waals surface area contributed by atoms with Gasteiger partial charge in [-0.25, -0.2) is 0 Å². The van der Waals surface area contributed by atoms with Gasteiger partial charge in [-0.1, -0.05) is 6.92 Å². The molecule has 0 fully saturated rings. The molecule has 0 spiro atoms. The second-order valence-electron chi connectivity index (χ2n) is 3.54. The molecule has 0 bridgehead atoms. The van der Waals surface area contributed by atoms with Crippen LogP contribution in [0.15, 0.2) is 0 Å². The predicted molar refractivity (Wildman–Crippen MR) is 53.9 cm³/mol. The Balaban J connectivity index is 3.29. The Hall–Kier alpha value is -0.290. The van der Waals surface area contributed by atoms with Crippen molar-refractivity contribution in [3.8, 4) is 0 Å². The van der Waals surface area contributed by atoms with Crippen LogP contribution in [-0.2, 0) is 4.74 Å². The minimum Gasteiger partial charge on any atom is -0.378 e. The summed E-state index contributed by atoms with van der Waals surface area (Å²) < 4.78 is 40.4. The van der Waals surface area contributed by atoms with Gasteiger partial charge in [0, 0.05) is 0 Å². The summed E-state index contributed by atoms with van der Waals surface area (Å²) in [5.74, 6) is 0. The summed E-state index contributed by atoms with van der Waals surface area (Å²) in [5.41, 5.74) is 0. The van der Waals surface area contributed by atoms with Crippen molar-refractivity contribution in [2.24, 2.45) is 0 Å². The van der Waals surface area contributed by atoms with E-state index in [0.29, 0.717) is 0 Å². The third-order valence-corrected chi connectivity index (χ3v) is 2.00. The van der Waals surface area contributed by atoms with Crippen LogP contribution in [0.25, 0.3) is 0 Å². The lowest BCUT2D eigenvalue weighted by molar-refractivity contribution is -0.148. The summed E-state index contributed by atoms with van der Waals surface area (Å²) >= 11 is 0. The maximum atomic E-state index is 11.8. The van der Waals surface area contributed by atoms with Crippen molar-refractivity contribution in [2.75, 3.05) is 19.7 Å². The minimum atomic E-state index is -4.11. The van der Waals surface area contributed by atoms with Crippen molar-refractivity contribution in [3.05, 3.63) is 0 Å². The molecule has 92 valence electrons. The molecule has 0 saturated carbocycles. The first kappa shape index (κ1) is 14.7. The second-order valence-corrected chi connectivity index (χ2v) is 3.54. The normalized spacial score (nSPS) is 14.2. The molecule has 0 heterocycles. The highest BCUT2D eigenvalue weighted by atomic mass is 19.4. The van der Waals surface area contributed by atoms with Crippen LogP contribution in [0.2, 0.25) is 0 Å². The molecule has 0 radical (unpaired) electrons. The Kier molecular flexibility index (Phi) is 7.78. The van der Waals surface area contributed by atoms with E-state index in [1.165, 1.54) is 0 Å². The molecule has 2 nitrogen and oxygen atoms in total. The van der Waals surface area contributed by atoms with Gasteiger partial charge in [0.25, 0.3) is 0 Å². The SMILES string of the molecule is CCNCCCC(C)OCCC(F)(F)F. The van der Waals surface area contributed by atoms with E-state index in [4.69, 9.17) is 4.74 Å². The van der Waals surface area contributed by atoms with Crippen LogP contribution < -0.4 is 5.32 Å². The standard InChI is InChI=1S/C10H20F3NO/c1-3-14-7-4-5-9(2)15-8-6-10(11,12)13/h9,14H,3-8H2,1-2H3. The summed E-state index contributed by atoms with van der Waals surface area (Å²) in [6.45, 7) is 5.41. The Morgan fingerprint density at radius 2 is 2.00 bits per heavy atom. The molecule has 1 unspecified atom stereocenters. The number of nitrogens with one attached hydrogen (secondary N) is 1. The van der Waals surface area contributed by atoms with Crippen LogP contribution in [0.3, 0.4) is 0 Å². The van der Waals surface area contributed by atoms with E-state index in [1.807, 2.05) is 13.8 Å². The fourth-order valence-electron chi connectivity index (χ4n) is 1.15. The quantitative estimate of drug-likeness (QED) is 0.644. The maximum Gasteiger partial charge on any atom is 0.391 e. The van der Waals surface area contributed by atoms with Gasteiger partial charge in [-0.05, 0) is 32.9 Å². The van der Waals surface area contributed by atoms with Crippen molar-refractivity contribution in [1.29, 1.82) is 0 Å². The number of alkyl halides is 3. The zero-order valence-corrected chi connectivity index (χ0v) is 9.36. The molecule has 1 atom stereocenters. The third-order valence-electron chi connectivity index (χ3n) is 2.00. The maximum absolute atomic E-state index is 11.8. The second kappa shape index (κ2) is 7.93. The van der Waals surface area contributed by atoms with Gasteiger partial charge in [0.15, 0.2) is 0 Å². The summed E-state index contributed by atoms with van der Waals surface area (Å²) in [6.07, 6.45) is -3.33. The lowest BCUT2D eigenvalue weighted by Crippen LogP contribution is -2.19. The predicted octanol–water partition coefficient (Wildman–Crippen LogP) is 2.73. The average Bonchev–Trinajstić information content (AvgIpc) is 2.10. The molecule has 0 amide bonds. The van der Waals surface area contributed by atoms with Gasteiger partial charge >= 0.3 is 6.18 Å². The highest BCUT2D eigenvalue weighted by molar-refractivity contribution is 4.55. The number of ether oxygens (including phenoxy) is 1. The van der Waals surface area contributed by atoms with Crippen molar-refractivity contribution < 1.29 is 17.9 Å². The van der Waals surface area contributed by atoms with E-state index in [0.717, 1.165) is 25.9 Å². The number of halogens is 3. The van der Waals surface area contributed by atoms with Gasteiger partial charge in [0.05, 0.1) is 19.1 Å². The molecule has 0 aliphatic heterocycles. The topological polar surface area (TPSA) is 21.3 Å². The Labute approximate surface area is 89.2 Å². The molecule has 0 aromatic carbocycles. The minimum absolute atomic E-state index is 0.0917. The first-order valence-corrected chi connectivity index (χ1v) is 5.34. The fourth-order valence-corrected chi connectivity index (χ4v) is 1.15. The van der Waals surface area contributed by atoms with Crippen molar-refractivity contribution in [1.82, 2.24) is 5.32 Å². The lowest BCUT2D eigenvalue weighted by Gasteiger charge is -2.13. The van der Waals surface area contributed by atoms with Crippen molar-refractivity contribution in [3.63, 3.8) is 0 Å². The fraction of sp³-hybridized carbons (Fsp3) is 1.00. The molecular formula is C10H20F3NO. The van der Waals surface area contributed by atoms with E-state index in [1.54, 1.807) is 0 Å². The molecule has 0 aromatic heterocycles. The molecule has 0 aromatic rings. The molecule has 0 aliphatic rings. The molecule has 1 N–H and O–H groups in total. The number of hydrogen-bond donors (Lipinski definition) is 1. The van der Waals surface area contributed by atoms with E-state index >= 15 is 0 Å². The van der Waals surface area contributed by atoms with E-state index in [-0.39, 0.29) is 12.7 Å². The van der Waals surface area contributed by atoms with Gasteiger partial charge < -0.3 is 10.1 Å². The molecule has 0 aliphatic carbocycles. The summed E-state index contributed by atoms with van der Waals surface area (Å²) in [6, 6.07) is 0. The molecule has 0 saturated heterocycles. The average molecular weight is 227 g/mol. The zero-order valence-electron chi connectivity index (χ0n) is 9.36. The highest BCUT2D eigenvalue weighted by Crippen LogP contribution is 2.19. The van der Waals surface area contributed by atoms with Crippen molar-refractivity contribution in [2.45, 2.75) is 45.4 Å². The Bertz CT molecular complexity index is 150. The molecular weight excluding hydrogens is 207 g/mol. The van der Waals surface area contributed by atoms with Gasteiger partial charge in [-0.15, -0.1) is 0 Å². The largest absolute Gasteiger partial charge is 0.391 e. The van der Waals surface area contributed by atoms with E-state index in [2.05, 4.69) is 5.32 Å². The van der Waals surface area contributed by atoms with Crippen molar-refractivity contribution >= 4 is 0 Å². The van der Waals surface area contributed by atoms with Crippen LogP contribution >= 0.6 is 0 Å². The monoisotopic (exact) mass is 227 g/mol. The van der Waals surface area contributed by atoms with Gasteiger partial charge in [0.1, 0.15) is 0 Å². The van der Waals surface area contributed by atoms with Crippen LogP contribution in [0.4, 0.5) is 13.2 Å². The first-order valence-electron chi connectivity index (χ1n) is 5.34. The zero-order chi connectivity index (χ0) is 11.7. The Morgan fingerprint density at radius 3 is 2.53 bits per heavy atom. The molecule has 15 heavy (non-hydrogen) atoms. The van der Waals surface area contributed by atoms with Crippen LogP contribution in [0, 0.1) is 0 Å². The summed E-state index contributed by atoms with van der Waals surface area (Å²) in [5, 5.41) is 3.15. The third kappa shape index (κ3) is 11.6. The van der Waals surface area contributed by atoms with E-state index < -0.39 is 12.6 Å². The first-order chi connectivity index (χ1) is 6.95. The van der Waals surface area contributed by atoms with E-state index in [9.17, 15) is 13.2 Å². The summed E-state index contributed by atoms with van der Waals surface area (Å²) in [4.78, 5) is 0. The lowest BCUT2D eigenvalue weighted by atomic mass is 10.2. The number of rotatable bonds is 8. The molecule has 5 heteroatoms. The summed E-state index contributed by atoms with van der Waals surface area (Å²) in [7, 11) is 0. The van der Waals surface area contributed by atoms with Gasteiger partial charge in [-0.2, -0.15) is 13.2 Å². The van der Waals surface area contributed by atoms with Crippen LogP contribution in [0.5, 0.6) is 0 Å². The Morgan fingerprint density at radius 1 is 1.33 bits per heavy atom.